The maximum Gasteiger partial charge on any atom is 0.243 e. The van der Waals surface area contributed by atoms with E-state index in [2.05, 4.69) is 26.7 Å². The number of sulfonamides is 1. The summed E-state index contributed by atoms with van der Waals surface area (Å²) in [5.41, 5.74) is 1.27. The summed E-state index contributed by atoms with van der Waals surface area (Å²) in [6.07, 6.45) is 8.90. The Hall–Kier alpha value is -1.80. The Labute approximate surface area is 130 Å². The van der Waals surface area contributed by atoms with E-state index in [-0.39, 0.29) is 11.4 Å². The molecule has 2 aromatic heterocycles. The standard InChI is InChI=1S/C14H21N5O2S/c1-3-4-9-19-11-14(12(2)18-19)22(20,21)17-6-5-13-10-15-7-8-16-13/h7-8,10-11,17H,3-6,9H2,1-2H3. The van der Waals surface area contributed by atoms with Crippen LogP contribution < -0.4 is 4.72 Å². The number of hydrogen-bond acceptors (Lipinski definition) is 5. The van der Waals surface area contributed by atoms with Gasteiger partial charge < -0.3 is 0 Å². The molecule has 2 aromatic rings. The van der Waals surface area contributed by atoms with Crippen molar-refractivity contribution in [3.63, 3.8) is 0 Å². The molecule has 0 atom stereocenters. The molecule has 8 heteroatoms. The van der Waals surface area contributed by atoms with Gasteiger partial charge in [-0.3, -0.25) is 14.6 Å². The van der Waals surface area contributed by atoms with Crippen LogP contribution in [-0.2, 0) is 23.0 Å². The van der Waals surface area contributed by atoms with Crippen LogP contribution >= 0.6 is 0 Å². The molecule has 0 aliphatic heterocycles. The van der Waals surface area contributed by atoms with Gasteiger partial charge >= 0.3 is 0 Å². The fourth-order valence-corrected chi connectivity index (χ4v) is 3.26. The minimum absolute atomic E-state index is 0.239. The van der Waals surface area contributed by atoms with Crippen LogP contribution in [0.15, 0.2) is 29.7 Å². The van der Waals surface area contributed by atoms with Crippen molar-refractivity contribution in [2.24, 2.45) is 0 Å². The first-order chi connectivity index (χ1) is 10.5. The molecule has 2 heterocycles. The average Bonchev–Trinajstić information content (AvgIpc) is 2.88. The number of rotatable bonds is 8. The van der Waals surface area contributed by atoms with Crippen molar-refractivity contribution in [3.8, 4) is 0 Å². The quantitative estimate of drug-likeness (QED) is 0.791. The van der Waals surface area contributed by atoms with Gasteiger partial charge in [-0.05, 0) is 13.3 Å². The van der Waals surface area contributed by atoms with Crippen molar-refractivity contribution in [3.05, 3.63) is 36.2 Å². The van der Waals surface area contributed by atoms with E-state index in [1.807, 2.05) is 0 Å². The monoisotopic (exact) mass is 323 g/mol. The van der Waals surface area contributed by atoms with E-state index >= 15 is 0 Å². The SMILES string of the molecule is CCCCn1cc(S(=O)(=O)NCCc2cnccn2)c(C)n1. The summed E-state index contributed by atoms with van der Waals surface area (Å²) in [6.45, 7) is 4.80. The first-order valence-corrected chi connectivity index (χ1v) is 8.80. The lowest BCUT2D eigenvalue weighted by molar-refractivity contribution is 0.566. The molecule has 0 saturated carbocycles. The molecule has 0 radical (unpaired) electrons. The highest BCUT2D eigenvalue weighted by Gasteiger charge is 2.19. The number of aromatic nitrogens is 4. The third-order valence-corrected chi connectivity index (χ3v) is 4.79. The zero-order valence-corrected chi connectivity index (χ0v) is 13.7. The fourth-order valence-electron chi connectivity index (χ4n) is 2.05. The third-order valence-electron chi connectivity index (χ3n) is 3.22. The largest absolute Gasteiger partial charge is 0.271 e. The highest BCUT2D eigenvalue weighted by Crippen LogP contribution is 2.13. The number of nitrogens with zero attached hydrogens (tertiary/aromatic N) is 4. The average molecular weight is 323 g/mol. The molecule has 0 spiro atoms. The summed E-state index contributed by atoms with van der Waals surface area (Å²) in [5, 5.41) is 4.26. The van der Waals surface area contributed by atoms with Gasteiger partial charge in [-0.25, -0.2) is 13.1 Å². The van der Waals surface area contributed by atoms with Crippen LogP contribution in [0.3, 0.4) is 0 Å². The van der Waals surface area contributed by atoms with Gasteiger partial charge in [-0.1, -0.05) is 13.3 Å². The van der Waals surface area contributed by atoms with Crippen molar-refractivity contribution in [2.45, 2.75) is 44.6 Å². The van der Waals surface area contributed by atoms with Gasteiger partial charge in [0.25, 0.3) is 0 Å². The van der Waals surface area contributed by atoms with Gasteiger partial charge in [0.1, 0.15) is 4.90 Å². The maximum atomic E-state index is 12.3. The van der Waals surface area contributed by atoms with Gasteiger partial charge in [0.2, 0.25) is 10.0 Å². The Morgan fingerprint density at radius 1 is 1.32 bits per heavy atom. The molecule has 0 aliphatic carbocycles. The molecule has 22 heavy (non-hydrogen) atoms. The molecule has 120 valence electrons. The minimum Gasteiger partial charge on any atom is -0.271 e. The fraction of sp³-hybridized carbons (Fsp3) is 0.500. The third kappa shape index (κ3) is 4.35. The van der Waals surface area contributed by atoms with Gasteiger partial charge in [0.15, 0.2) is 0 Å². The lowest BCUT2D eigenvalue weighted by Crippen LogP contribution is -2.26. The van der Waals surface area contributed by atoms with E-state index in [0.29, 0.717) is 12.1 Å². The molecule has 7 nitrogen and oxygen atoms in total. The summed E-state index contributed by atoms with van der Waals surface area (Å²) >= 11 is 0. The summed E-state index contributed by atoms with van der Waals surface area (Å²) in [6, 6.07) is 0. The topological polar surface area (TPSA) is 89.8 Å². The van der Waals surface area contributed by atoms with Gasteiger partial charge in [0, 0.05) is 44.3 Å². The molecule has 1 N–H and O–H groups in total. The van der Waals surface area contributed by atoms with E-state index in [0.717, 1.165) is 25.1 Å². The van der Waals surface area contributed by atoms with E-state index in [1.54, 1.807) is 36.4 Å². The number of nitrogens with one attached hydrogen (secondary N) is 1. The van der Waals surface area contributed by atoms with E-state index < -0.39 is 10.0 Å². The highest BCUT2D eigenvalue weighted by atomic mass is 32.2. The van der Waals surface area contributed by atoms with Crippen LogP contribution in [0.4, 0.5) is 0 Å². The normalized spacial score (nSPS) is 11.7. The first-order valence-electron chi connectivity index (χ1n) is 7.31. The van der Waals surface area contributed by atoms with Crippen molar-refractivity contribution in [2.75, 3.05) is 6.54 Å². The first kappa shape index (κ1) is 16.6. The molecule has 0 saturated heterocycles. The van der Waals surface area contributed by atoms with Crippen molar-refractivity contribution < 1.29 is 8.42 Å². The lowest BCUT2D eigenvalue weighted by Gasteiger charge is -2.05. The predicted molar refractivity (Wildman–Crippen MR) is 82.8 cm³/mol. The molecule has 0 bridgehead atoms. The van der Waals surface area contributed by atoms with Crippen LogP contribution in [0.25, 0.3) is 0 Å². The van der Waals surface area contributed by atoms with Crippen LogP contribution in [0.1, 0.15) is 31.2 Å². The Morgan fingerprint density at radius 2 is 2.14 bits per heavy atom. The molecular formula is C14H21N5O2S. The van der Waals surface area contributed by atoms with Crippen LogP contribution in [0.5, 0.6) is 0 Å². The molecule has 0 aromatic carbocycles. The van der Waals surface area contributed by atoms with Crippen molar-refractivity contribution in [1.29, 1.82) is 0 Å². The van der Waals surface area contributed by atoms with Crippen LogP contribution in [-0.4, -0.2) is 34.7 Å². The van der Waals surface area contributed by atoms with E-state index in [4.69, 9.17) is 0 Å². The predicted octanol–water partition coefficient (Wildman–Crippen LogP) is 1.30. The molecule has 0 amide bonds. The van der Waals surface area contributed by atoms with Gasteiger partial charge in [0.05, 0.1) is 11.4 Å². The summed E-state index contributed by atoms with van der Waals surface area (Å²) < 4.78 is 28.9. The second kappa shape index (κ2) is 7.46. The number of unbranched alkanes of at least 4 members (excludes halogenated alkanes) is 1. The Bertz CT molecular complexity index is 697. The minimum atomic E-state index is -3.55. The molecule has 2 rings (SSSR count). The van der Waals surface area contributed by atoms with Crippen LogP contribution in [0, 0.1) is 6.92 Å². The van der Waals surface area contributed by atoms with E-state index in [1.165, 1.54) is 0 Å². The van der Waals surface area contributed by atoms with Crippen molar-refractivity contribution in [1.82, 2.24) is 24.5 Å². The van der Waals surface area contributed by atoms with Gasteiger partial charge in [-0.15, -0.1) is 0 Å². The summed E-state index contributed by atoms with van der Waals surface area (Å²) in [7, 11) is -3.55. The zero-order valence-electron chi connectivity index (χ0n) is 12.9. The lowest BCUT2D eigenvalue weighted by atomic mass is 10.3. The van der Waals surface area contributed by atoms with E-state index in [9.17, 15) is 8.42 Å². The van der Waals surface area contributed by atoms with Crippen molar-refractivity contribution >= 4 is 10.0 Å². The second-order valence-electron chi connectivity index (χ2n) is 5.04. The van der Waals surface area contributed by atoms with Gasteiger partial charge in [-0.2, -0.15) is 5.10 Å². The number of aryl methyl sites for hydroxylation is 2. The molecule has 0 unspecified atom stereocenters. The Kier molecular flexibility index (Phi) is 5.62. The molecule has 0 aliphatic rings. The second-order valence-corrected chi connectivity index (χ2v) is 6.78. The Balaban J connectivity index is 1.99. The zero-order chi connectivity index (χ0) is 16.0. The molecule has 0 fully saturated rings. The smallest absolute Gasteiger partial charge is 0.243 e. The number of hydrogen-bond donors (Lipinski definition) is 1. The summed E-state index contributed by atoms with van der Waals surface area (Å²) in [5.74, 6) is 0. The summed E-state index contributed by atoms with van der Waals surface area (Å²) in [4.78, 5) is 8.30. The maximum absolute atomic E-state index is 12.3. The Morgan fingerprint density at radius 3 is 2.82 bits per heavy atom. The van der Waals surface area contributed by atoms with Crippen LogP contribution in [0.2, 0.25) is 0 Å². The molecular weight excluding hydrogens is 302 g/mol. The highest BCUT2D eigenvalue weighted by molar-refractivity contribution is 7.89.